The largest absolute Gasteiger partial charge is 0.357 e. The summed E-state index contributed by atoms with van der Waals surface area (Å²) in [6, 6.07) is 0. The first-order chi connectivity index (χ1) is 11.7. The second-order valence-electron chi connectivity index (χ2n) is 6.74. The molecule has 2 aliphatic heterocycles. The van der Waals surface area contributed by atoms with Crippen molar-refractivity contribution in [2.45, 2.75) is 39.4 Å². The van der Waals surface area contributed by atoms with Gasteiger partial charge in [-0.1, -0.05) is 0 Å². The highest BCUT2D eigenvalue weighted by Gasteiger charge is 2.33. The smallest absolute Gasteiger partial charge is 0.157 e. The summed E-state index contributed by atoms with van der Waals surface area (Å²) < 4.78 is 2.03. The third-order valence-electron chi connectivity index (χ3n) is 5.29. The van der Waals surface area contributed by atoms with E-state index in [1.165, 1.54) is 17.7 Å². The van der Waals surface area contributed by atoms with E-state index in [9.17, 15) is 0 Å². The highest BCUT2D eigenvalue weighted by atomic mass is 15.4. The predicted octanol–water partition coefficient (Wildman–Crippen LogP) is 1.71. The Kier molecular flexibility index (Phi) is 3.88. The Morgan fingerprint density at radius 3 is 2.92 bits per heavy atom. The molecule has 7 heteroatoms. The first kappa shape index (κ1) is 15.4. The molecule has 2 atom stereocenters. The molecule has 128 valence electrons. The molecule has 4 heterocycles. The molecule has 2 aliphatic rings. The number of nitrogens with one attached hydrogen (secondary N) is 2. The molecular weight excluding hydrogens is 302 g/mol. The quantitative estimate of drug-likeness (QED) is 0.891. The number of hydrogen-bond acceptors (Lipinski definition) is 6. The van der Waals surface area contributed by atoms with Crippen LogP contribution in [0.15, 0.2) is 12.5 Å². The molecule has 7 nitrogen and oxygen atoms in total. The summed E-state index contributed by atoms with van der Waals surface area (Å²) in [5.41, 5.74) is 4.61. The zero-order valence-electron chi connectivity index (χ0n) is 14.6. The maximum atomic E-state index is 4.57. The van der Waals surface area contributed by atoms with Gasteiger partial charge < -0.3 is 15.5 Å². The highest BCUT2D eigenvalue weighted by Crippen LogP contribution is 2.41. The SMILES string of the molecule is CCn1ncc(C2Nc3c(CC4CCNC4)ncnc3N2C)c1C. The van der Waals surface area contributed by atoms with Gasteiger partial charge in [-0.2, -0.15) is 5.10 Å². The van der Waals surface area contributed by atoms with Crippen LogP contribution in [0, 0.1) is 12.8 Å². The molecule has 1 saturated heterocycles. The van der Waals surface area contributed by atoms with E-state index in [0.29, 0.717) is 5.92 Å². The zero-order chi connectivity index (χ0) is 16.7. The number of nitrogens with zero attached hydrogens (tertiary/aromatic N) is 5. The van der Waals surface area contributed by atoms with Gasteiger partial charge >= 0.3 is 0 Å². The highest BCUT2D eigenvalue weighted by molar-refractivity contribution is 5.74. The van der Waals surface area contributed by atoms with Crippen LogP contribution in [0.5, 0.6) is 0 Å². The molecule has 4 rings (SSSR count). The lowest BCUT2D eigenvalue weighted by molar-refractivity contribution is 0.572. The summed E-state index contributed by atoms with van der Waals surface area (Å²) in [5.74, 6) is 1.65. The van der Waals surface area contributed by atoms with Gasteiger partial charge in [-0.05, 0) is 45.7 Å². The van der Waals surface area contributed by atoms with Crippen LogP contribution in [0.2, 0.25) is 0 Å². The van der Waals surface area contributed by atoms with Gasteiger partial charge in [0, 0.05) is 24.8 Å². The Morgan fingerprint density at radius 2 is 2.21 bits per heavy atom. The number of aromatic nitrogens is 4. The van der Waals surface area contributed by atoms with Crippen LogP contribution in [0.1, 0.15) is 36.5 Å². The number of rotatable bonds is 4. The minimum atomic E-state index is 0.0671. The first-order valence-electron chi connectivity index (χ1n) is 8.75. The first-order valence-corrected chi connectivity index (χ1v) is 8.75. The lowest BCUT2D eigenvalue weighted by atomic mass is 10.0. The van der Waals surface area contributed by atoms with Crippen molar-refractivity contribution in [3.63, 3.8) is 0 Å². The maximum absolute atomic E-state index is 4.57. The van der Waals surface area contributed by atoms with Gasteiger partial charge in [0.15, 0.2) is 5.82 Å². The van der Waals surface area contributed by atoms with Crippen molar-refractivity contribution in [2.24, 2.45) is 5.92 Å². The molecule has 2 N–H and O–H groups in total. The second-order valence-corrected chi connectivity index (χ2v) is 6.74. The third kappa shape index (κ3) is 2.43. The van der Waals surface area contributed by atoms with E-state index in [1.807, 2.05) is 10.9 Å². The summed E-state index contributed by atoms with van der Waals surface area (Å²) in [6.07, 6.45) is 5.95. The van der Waals surface area contributed by atoms with Gasteiger partial charge in [0.2, 0.25) is 0 Å². The average molecular weight is 327 g/mol. The van der Waals surface area contributed by atoms with E-state index in [4.69, 9.17) is 0 Å². The van der Waals surface area contributed by atoms with Crippen LogP contribution >= 0.6 is 0 Å². The Morgan fingerprint density at radius 1 is 1.33 bits per heavy atom. The number of fused-ring (bicyclic) bond motifs is 1. The summed E-state index contributed by atoms with van der Waals surface area (Å²) in [6.45, 7) is 7.32. The molecule has 0 amide bonds. The molecule has 2 unspecified atom stereocenters. The van der Waals surface area contributed by atoms with E-state index in [1.54, 1.807) is 6.33 Å². The van der Waals surface area contributed by atoms with Crippen LogP contribution in [-0.4, -0.2) is 39.9 Å². The van der Waals surface area contributed by atoms with Crippen molar-refractivity contribution in [2.75, 3.05) is 30.4 Å². The minimum absolute atomic E-state index is 0.0671. The maximum Gasteiger partial charge on any atom is 0.157 e. The molecule has 0 aromatic carbocycles. The molecule has 0 spiro atoms. The summed E-state index contributed by atoms with van der Waals surface area (Å²) in [7, 11) is 2.08. The number of anilines is 2. The van der Waals surface area contributed by atoms with E-state index in [0.717, 1.165) is 43.3 Å². The number of hydrogen-bond donors (Lipinski definition) is 2. The van der Waals surface area contributed by atoms with Crippen LogP contribution in [-0.2, 0) is 13.0 Å². The topological polar surface area (TPSA) is 70.9 Å². The van der Waals surface area contributed by atoms with Crippen LogP contribution < -0.4 is 15.5 Å². The molecule has 24 heavy (non-hydrogen) atoms. The van der Waals surface area contributed by atoms with Gasteiger partial charge in [0.05, 0.1) is 11.9 Å². The van der Waals surface area contributed by atoms with E-state index in [2.05, 4.69) is 51.5 Å². The fraction of sp³-hybridized carbons (Fsp3) is 0.588. The van der Waals surface area contributed by atoms with Crippen molar-refractivity contribution in [1.29, 1.82) is 0 Å². The van der Waals surface area contributed by atoms with E-state index >= 15 is 0 Å². The lowest BCUT2D eigenvalue weighted by Crippen LogP contribution is -2.24. The van der Waals surface area contributed by atoms with Crippen LogP contribution in [0.4, 0.5) is 11.5 Å². The molecule has 0 saturated carbocycles. The van der Waals surface area contributed by atoms with Crippen molar-refractivity contribution in [1.82, 2.24) is 25.1 Å². The molecule has 2 aromatic heterocycles. The monoisotopic (exact) mass is 327 g/mol. The van der Waals surface area contributed by atoms with Gasteiger partial charge in [-0.3, -0.25) is 4.68 Å². The van der Waals surface area contributed by atoms with Crippen LogP contribution in [0.3, 0.4) is 0 Å². The van der Waals surface area contributed by atoms with E-state index in [-0.39, 0.29) is 6.17 Å². The standard InChI is InChI=1S/C17H25N7/c1-4-24-11(2)13(9-21-24)16-22-15-14(7-12-5-6-18-8-12)19-10-20-17(15)23(16)3/h9-10,12,16,18,22H,4-8H2,1-3H3. The molecule has 1 fully saturated rings. The Balaban J connectivity index is 1.63. The molecular formula is C17H25N7. The van der Waals surface area contributed by atoms with Crippen molar-refractivity contribution >= 4 is 11.5 Å². The van der Waals surface area contributed by atoms with Gasteiger partial charge in [-0.15, -0.1) is 0 Å². The molecule has 0 radical (unpaired) electrons. The van der Waals surface area contributed by atoms with E-state index < -0.39 is 0 Å². The molecule has 0 aliphatic carbocycles. The van der Waals surface area contributed by atoms with Crippen molar-refractivity contribution < 1.29 is 0 Å². The number of aryl methyl sites for hydroxylation is 1. The van der Waals surface area contributed by atoms with Crippen LogP contribution in [0.25, 0.3) is 0 Å². The van der Waals surface area contributed by atoms with Gasteiger partial charge in [-0.25, -0.2) is 9.97 Å². The lowest BCUT2D eigenvalue weighted by Gasteiger charge is -2.21. The molecule has 0 bridgehead atoms. The third-order valence-corrected chi connectivity index (χ3v) is 5.29. The zero-order valence-corrected chi connectivity index (χ0v) is 14.6. The van der Waals surface area contributed by atoms with Gasteiger partial charge in [0.25, 0.3) is 0 Å². The second kappa shape index (κ2) is 6.05. The Bertz CT molecular complexity index is 733. The fourth-order valence-corrected chi connectivity index (χ4v) is 3.83. The fourth-order valence-electron chi connectivity index (χ4n) is 3.83. The van der Waals surface area contributed by atoms with Gasteiger partial charge in [0.1, 0.15) is 18.2 Å². The van der Waals surface area contributed by atoms with Crippen molar-refractivity contribution in [3.8, 4) is 0 Å². The molecule has 2 aromatic rings. The normalized spacial score (nSPS) is 22.7. The summed E-state index contributed by atoms with van der Waals surface area (Å²) >= 11 is 0. The summed E-state index contributed by atoms with van der Waals surface area (Å²) in [4.78, 5) is 11.3. The Labute approximate surface area is 142 Å². The van der Waals surface area contributed by atoms with Crippen molar-refractivity contribution in [3.05, 3.63) is 29.5 Å². The average Bonchev–Trinajstić information content (AvgIpc) is 3.29. The summed E-state index contributed by atoms with van der Waals surface area (Å²) in [5, 5.41) is 11.6. The predicted molar refractivity (Wildman–Crippen MR) is 94.1 cm³/mol. The minimum Gasteiger partial charge on any atom is -0.357 e. The Hall–Kier alpha value is -2.15.